The zero-order valence-corrected chi connectivity index (χ0v) is 16.4. The van der Waals surface area contributed by atoms with Crippen LogP contribution in [0.2, 0.25) is 0 Å². The Labute approximate surface area is 171 Å². The van der Waals surface area contributed by atoms with E-state index in [0.29, 0.717) is 12.2 Å². The van der Waals surface area contributed by atoms with Crippen molar-refractivity contribution in [3.63, 3.8) is 0 Å². The Kier molecular flexibility index (Phi) is 4.44. The van der Waals surface area contributed by atoms with Gasteiger partial charge in [0.15, 0.2) is 0 Å². The molecule has 1 fully saturated rings. The predicted octanol–water partition coefficient (Wildman–Crippen LogP) is 3.82. The van der Waals surface area contributed by atoms with Crippen LogP contribution >= 0.6 is 11.3 Å². The Morgan fingerprint density at radius 2 is 1.79 bits per heavy atom. The summed E-state index contributed by atoms with van der Waals surface area (Å²) in [5.41, 5.74) is 1.59. The first kappa shape index (κ1) is 17.8. The normalized spacial score (nSPS) is 16.4. The third-order valence-corrected chi connectivity index (χ3v) is 6.27. The zero-order chi connectivity index (χ0) is 19.8. The number of para-hydroxylation sites is 2. The maximum Gasteiger partial charge on any atom is 0.274 e. The summed E-state index contributed by atoms with van der Waals surface area (Å²) in [6.45, 7) is 0.658. The second-order valence-corrected chi connectivity index (χ2v) is 8.04. The molecule has 2 aromatic carbocycles. The second-order valence-electron chi connectivity index (χ2n) is 6.98. The minimum atomic E-state index is -0.267. The van der Waals surface area contributed by atoms with Gasteiger partial charge in [-0.1, -0.05) is 30.3 Å². The van der Waals surface area contributed by atoms with Gasteiger partial charge in [0.05, 0.1) is 21.9 Å². The lowest BCUT2D eigenvalue weighted by atomic mass is 10.2. The summed E-state index contributed by atoms with van der Waals surface area (Å²) in [6.07, 6.45) is 1.80. The maximum absolute atomic E-state index is 13.3. The molecule has 29 heavy (non-hydrogen) atoms. The van der Waals surface area contributed by atoms with Gasteiger partial charge in [0.25, 0.3) is 11.5 Å². The van der Waals surface area contributed by atoms with Gasteiger partial charge in [-0.2, -0.15) is 9.78 Å². The number of hydrogen-bond acceptors (Lipinski definition) is 5. The first-order valence-electron chi connectivity index (χ1n) is 9.53. The first-order valence-corrected chi connectivity index (χ1v) is 10.3. The van der Waals surface area contributed by atoms with Gasteiger partial charge in [0, 0.05) is 12.6 Å². The molecular formula is C22H18N4O2S. The summed E-state index contributed by atoms with van der Waals surface area (Å²) in [4.78, 5) is 32.1. The van der Waals surface area contributed by atoms with E-state index in [1.165, 1.54) is 16.8 Å². The molecule has 0 N–H and O–H groups in total. The van der Waals surface area contributed by atoms with Gasteiger partial charge < -0.3 is 4.90 Å². The van der Waals surface area contributed by atoms with Crippen LogP contribution < -0.4 is 5.56 Å². The molecule has 1 unspecified atom stereocenters. The fourth-order valence-electron chi connectivity index (χ4n) is 3.73. The van der Waals surface area contributed by atoms with E-state index in [9.17, 15) is 9.59 Å². The highest BCUT2D eigenvalue weighted by molar-refractivity contribution is 7.18. The van der Waals surface area contributed by atoms with Gasteiger partial charge in [-0.3, -0.25) is 9.59 Å². The molecular weight excluding hydrogens is 384 g/mol. The van der Waals surface area contributed by atoms with Crippen molar-refractivity contribution in [2.45, 2.75) is 18.9 Å². The van der Waals surface area contributed by atoms with Gasteiger partial charge in [0.2, 0.25) is 0 Å². The number of fused-ring (bicyclic) bond motifs is 1. The van der Waals surface area contributed by atoms with E-state index in [0.717, 1.165) is 28.1 Å². The molecule has 0 spiro atoms. The maximum atomic E-state index is 13.3. The number of hydrogen-bond donors (Lipinski definition) is 0. The monoisotopic (exact) mass is 402 g/mol. The molecule has 1 amide bonds. The van der Waals surface area contributed by atoms with E-state index in [1.807, 2.05) is 41.3 Å². The lowest BCUT2D eigenvalue weighted by Gasteiger charge is -2.22. The van der Waals surface area contributed by atoms with Crippen LogP contribution in [-0.4, -0.2) is 32.1 Å². The molecule has 1 aliphatic heterocycles. The van der Waals surface area contributed by atoms with Crippen LogP contribution in [0.15, 0.2) is 71.5 Å². The molecule has 0 aliphatic carbocycles. The molecule has 0 radical (unpaired) electrons. The highest BCUT2D eigenvalue weighted by Crippen LogP contribution is 2.37. The molecule has 0 saturated carbocycles. The fourth-order valence-corrected chi connectivity index (χ4v) is 4.84. The number of amides is 1. The summed E-state index contributed by atoms with van der Waals surface area (Å²) >= 11 is 1.63. The predicted molar refractivity (Wildman–Crippen MR) is 112 cm³/mol. The lowest BCUT2D eigenvalue weighted by molar-refractivity contribution is 0.0727. The molecule has 1 atom stereocenters. The highest BCUT2D eigenvalue weighted by atomic mass is 32.1. The summed E-state index contributed by atoms with van der Waals surface area (Å²) in [5, 5.41) is 5.31. The van der Waals surface area contributed by atoms with E-state index in [-0.39, 0.29) is 23.2 Å². The molecule has 1 saturated heterocycles. The number of benzene rings is 2. The fraction of sp³-hybridized carbons (Fsp3) is 0.182. The Morgan fingerprint density at radius 3 is 2.62 bits per heavy atom. The summed E-state index contributed by atoms with van der Waals surface area (Å²) < 4.78 is 2.40. The smallest absolute Gasteiger partial charge is 0.274 e. The van der Waals surface area contributed by atoms with Crippen molar-refractivity contribution in [2.24, 2.45) is 0 Å². The summed E-state index contributed by atoms with van der Waals surface area (Å²) in [6, 6.07) is 20.0. The van der Waals surface area contributed by atoms with E-state index in [4.69, 9.17) is 4.98 Å². The molecule has 5 rings (SSSR count). The molecule has 1 aliphatic rings. The van der Waals surface area contributed by atoms with Crippen LogP contribution in [0.3, 0.4) is 0 Å². The van der Waals surface area contributed by atoms with Crippen molar-refractivity contribution in [1.82, 2.24) is 19.7 Å². The van der Waals surface area contributed by atoms with E-state index >= 15 is 0 Å². The number of aromatic nitrogens is 3. The van der Waals surface area contributed by atoms with Crippen LogP contribution in [0.5, 0.6) is 0 Å². The number of carbonyl (C=O) groups is 1. The first-order chi connectivity index (χ1) is 14.2. The number of nitrogens with zero attached hydrogens (tertiary/aromatic N) is 4. The Balaban J connectivity index is 1.49. The molecule has 7 heteroatoms. The average Bonchev–Trinajstić information content (AvgIpc) is 3.41. The van der Waals surface area contributed by atoms with Crippen molar-refractivity contribution < 1.29 is 4.79 Å². The van der Waals surface area contributed by atoms with Crippen molar-refractivity contribution in [3.05, 3.63) is 87.8 Å². The van der Waals surface area contributed by atoms with Crippen molar-refractivity contribution in [2.75, 3.05) is 6.54 Å². The van der Waals surface area contributed by atoms with Crippen LogP contribution in [0.4, 0.5) is 0 Å². The Hall–Kier alpha value is -3.32. The van der Waals surface area contributed by atoms with E-state index in [1.54, 1.807) is 23.5 Å². The number of carbonyl (C=O) groups excluding carboxylic acids is 1. The zero-order valence-electron chi connectivity index (χ0n) is 15.6. The molecule has 2 aromatic heterocycles. The molecule has 0 bridgehead atoms. The molecule has 144 valence electrons. The standard InChI is InChI=1S/C22H18N4O2S/c27-20-13-12-17(24-26(20)15-7-2-1-3-8-15)22(28)25-14-6-10-18(25)21-23-16-9-4-5-11-19(16)29-21/h1-5,7-9,11-13,18H,6,10,14H2. The van der Waals surface area contributed by atoms with Crippen LogP contribution in [0, 0.1) is 0 Å². The third-order valence-electron chi connectivity index (χ3n) is 5.13. The van der Waals surface area contributed by atoms with Crippen molar-refractivity contribution in [3.8, 4) is 5.69 Å². The van der Waals surface area contributed by atoms with Crippen LogP contribution in [0.25, 0.3) is 15.9 Å². The van der Waals surface area contributed by atoms with Gasteiger partial charge in [-0.15, -0.1) is 11.3 Å². The number of rotatable bonds is 3. The summed E-state index contributed by atoms with van der Waals surface area (Å²) in [7, 11) is 0. The number of thiazole rings is 1. The SMILES string of the molecule is O=C(c1ccc(=O)n(-c2ccccc2)n1)N1CCCC1c1nc2ccccc2s1. The van der Waals surface area contributed by atoms with E-state index < -0.39 is 0 Å². The summed E-state index contributed by atoms with van der Waals surface area (Å²) in [5.74, 6) is -0.170. The topological polar surface area (TPSA) is 68.1 Å². The largest absolute Gasteiger partial charge is 0.328 e. The van der Waals surface area contributed by atoms with Crippen molar-refractivity contribution >= 4 is 27.5 Å². The molecule has 3 heterocycles. The molecule has 4 aromatic rings. The minimum Gasteiger partial charge on any atom is -0.328 e. The van der Waals surface area contributed by atoms with E-state index in [2.05, 4.69) is 11.2 Å². The molecule has 6 nitrogen and oxygen atoms in total. The highest BCUT2D eigenvalue weighted by Gasteiger charge is 2.33. The second kappa shape index (κ2) is 7.25. The van der Waals surface area contributed by atoms with Gasteiger partial charge in [-0.05, 0) is 43.2 Å². The van der Waals surface area contributed by atoms with Crippen LogP contribution in [0.1, 0.15) is 34.4 Å². The quantitative estimate of drug-likeness (QED) is 0.522. The Morgan fingerprint density at radius 1 is 1.00 bits per heavy atom. The van der Waals surface area contributed by atoms with Gasteiger partial charge >= 0.3 is 0 Å². The minimum absolute atomic E-state index is 0.0567. The van der Waals surface area contributed by atoms with Crippen molar-refractivity contribution in [1.29, 1.82) is 0 Å². The number of likely N-dealkylation sites (tertiary alicyclic amines) is 1. The van der Waals surface area contributed by atoms with Crippen LogP contribution in [-0.2, 0) is 0 Å². The Bertz CT molecular complexity index is 1220. The average molecular weight is 402 g/mol. The van der Waals surface area contributed by atoms with Gasteiger partial charge in [-0.25, -0.2) is 4.98 Å². The third kappa shape index (κ3) is 3.23. The van der Waals surface area contributed by atoms with Gasteiger partial charge in [0.1, 0.15) is 10.7 Å². The lowest BCUT2D eigenvalue weighted by Crippen LogP contribution is -2.33.